The van der Waals surface area contributed by atoms with Gasteiger partial charge in [0.2, 0.25) is 0 Å². The molecule has 4 N–H and O–H groups in total. The molecule has 0 aliphatic rings. The molecule has 2 aromatic rings. The molecule has 0 saturated carbocycles. The Labute approximate surface area is 241 Å². The van der Waals surface area contributed by atoms with Crippen molar-refractivity contribution >= 4 is 46.2 Å². The topological polar surface area (TPSA) is 134 Å². The van der Waals surface area contributed by atoms with Crippen LogP contribution in [0.25, 0.3) is 10.8 Å². The number of methoxy groups -OCH3 is 1. The summed E-state index contributed by atoms with van der Waals surface area (Å²) in [4.78, 5) is 36.4. The lowest BCUT2D eigenvalue weighted by atomic mass is 10.0. The lowest BCUT2D eigenvalue weighted by Crippen LogP contribution is -2.25. The van der Waals surface area contributed by atoms with Crippen molar-refractivity contribution in [1.29, 1.82) is 0 Å². The van der Waals surface area contributed by atoms with Gasteiger partial charge in [-0.05, 0) is 25.0 Å². The minimum atomic E-state index is -1.03. The summed E-state index contributed by atoms with van der Waals surface area (Å²) in [5, 5.41) is 26.2. The summed E-state index contributed by atoms with van der Waals surface area (Å²) < 4.78 is 10.4. The molecule has 9 nitrogen and oxygen atoms in total. The number of rotatable bonds is 20. The number of phenols is 1. The number of aliphatic carboxylic acids is 1. The van der Waals surface area contributed by atoms with Crippen LogP contribution in [0.1, 0.15) is 87.9 Å². The fourth-order valence-corrected chi connectivity index (χ4v) is 5.23. The van der Waals surface area contributed by atoms with E-state index in [1.807, 2.05) is 0 Å². The van der Waals surface area contributed by atoms with E-state index in [-0.39, 0.29) is 17.1 Å². The van der Waals surface area contributed by atoms with Crippen LogP contribution in [0.4, 0.5) is 10.5 Å². The van der Waals surface area contributed by atoms with Gasteiger partial charge in [-0.1, -0.05) is 76.8 Å². The number of hydrogen-bond donors (Lipinski definition) is 4. The first-order chi connectivity index (χ1) is 19.4. The number of amides is 2. The van der Waals surface area contributed by atoms with E-state index >= 15 is 0 Å². The van der Waals surface area contributed by atoms with Crippen molar-refractivity contribution in [2.24, 2.45) is 0 Å². The molecule has 0 fully saturated rings. The van der Waals surface area contributed by atoms with Gasteiger partial charge in [0.05, 0.1) is 24.1 Å². The van der Waals surface area contributed by atoms with Crippen molar-refractivity contribution in [1.82, 2.24) is 5.32 Å². The molecule has 222 valence electrons. The third-order valence-corrected chi connectivity index (χ3v) is 7.53. The van der Waals surface area contributed by atoms with Crippen molar-refractivity contribution in [3.63, 3.8) is 0 Å². The Kier molecular flexibility index (Phi) is 15.9. The van der Waals surface area contributed by atoms with E-state index in [4.69, 9.17) is 4.74 Å². The molecule has 0 saturated heterocycles. The Morgan fingerprint density at radius 1 is 0.925 bits per heavy atom. The Hall–Kier alpha value is -2.98. The van der Waals surface area contributed by atoms with Crippen LogP contribution < -0.4 is 10.6 Å². The van der Waals surface area contributed by atoms with Gasteiger partial charge in [0, 0.05) is 35.4 Å². The van der Waals surface area contributed by atoms with Crippen LogP contribution in [-0.2, 0) is 14.3 Å². The van der Waals surface area contributed by atoms with Gasteiger partial charge >= 0.3 is 12.1 Å². The number of fused-ring (bicyclic) bond motifs is 1. The van der Waals surface area contributed by atoms with Gasteiger partial charge in [0.1, 0.15) is 5.75 Å². The predicted octanol–water partition coefficient (Wildman–Crippen LogP) is 6.96. The number of aromatic hydroxyl groups is 1. The average molecular weight is 577 g/mol. The lowest BCUT2D eigenvalue weighted by molar-refractivity contribution is -0.133. The Morgan fingerprint density at radius 2 is 1.57 bits per heavy atom. The molecular weight excluding hydrogens is 532 g/mol. The molecule has 10 heteroatoms. The van der Waals surface area contributed by atoms with E-state index in [0.717, 1.165) is 18.2 Å². The second-order valence-electron chi connectivity index (χ2n) is 9.70. The summed E-state index contributed by atoms with van der Waals surface area (Å²) in [5.74, 6) is -2.02. The molecule has 40 heavy (non-hydrogen) atoms. The second kappa shape index (κ2) is 19.2. The lowest BCUT2D eigenvalue weighted by Gasteiger charge is -2.16. The van der Waals surface area contributed by atoms with E-state index in [9.17, 15) is 24.6 Å². The molecule has 2 amide bonds. The Balaban J connectivity index is 1.83. The van der Waals surface area contributed by atoms with Crippen LogP contribution in [0.5, 0.6) is 5.75 Å². The van der Waals surface area contributed by atoms with Crippen molar-refractivity contribution in [2.45, 2.75) is 82.4 Å². The Morgan fingerprint density at radius 3 is 2.23 bits per heavy atom. The number of hydrogen-bond acceptors (Lipinski definition) is 7. The number of nitrogens with one attached hydrogen (secondary N) is 2. The fraction of sp³-hybridized carbons (Fsp3) is 0.567. The average Bonchev–Trinajstić information content (AvgIpc) is 2.94. The number of ether oxygens (including phenoxy) is 2. The van der Waals surface area contributed by atoms with E-state index in [2.05, 4.69) is 22.3 Å². The van der Waals surface area contributed by atoms with Crippen LogP contribution >= 0.6 is 11.8 Å². The number of carboxylic acid groups (broad SMARTS) is 1. The largest absolute Gasteiger partial charge is 0.506 e. The number of benzene rings is 2. The standard InChI is InChI=1S/C30H44N2O7S/c1-3-4-5-6-7-8-9-10-11-12-18-39-19-14-17-31-29(36)23-20-25(40-21-26(33)34)27-22(28(23)35)15-13-16-24(27)32-30(37)38-2/h13,15-16,20,35H,3-12,14,17-19,21H2,1-2H3,(H,31,36)(H,32,37)(H,33,34). The van der Waals surface area contributed by atoms with Crippen LogP contribution in [0, 0.1) is 0 Å². The molecule has 0 radical (unpaired) electrons. The summed E-state index contributed by atoms with van der Waals surface area (Å²) in [6.07, 6.45) is 12.7. The smallest absolute Gasteiger partial charge is 0.411 e. The van der Waals surface area contributed by atoms with Crippen LogP contribution in [0.2, 0.25) is 0 Å². The number of thioether (sulfide) groups is 1. The van der Waals surface area contributed by atoms with Crippen molar-refractivity contribution in [2.75, 3.05) is 37.9 Å². The molecule has 0 atom stereocenters. The first kappa shape index (κ1) is 33.2. The number of carbonyl (C=O) groups excluding carboxylic acids is 2. The molecule has 2 rings (SSSR count). The maximum atomic E-state index is 12.9. The first-order valence-corrected chi connectivity index (χ1v) is 15.2. The molecule has 0 aromatic heterocycles. The summed E-state index contributed by atoms with van der Waals surface area (Å²) in [7, 11) is 1.23. The van der Waals surface area contributed by atoms with E-state index in [1.54, 1.807) is 18.2 Å². The summed E-state index contributed by atoms with van der Waals surface area (Å²) in [6, 6.07) is 6.28. The zero-order chi connectivity index (χ0) is 29.2. The van der Waals surface area contributed by atoms with E-state index in [0.29, 0.717) is 47.5 Å². The maximum absolute atomic E-state index is 12.9. The van der Waals surface area contributed by atoms with Gasteiger partial charge in [-0.25, -0.2) is 4.79 Å². The van der Waals surface area contributed by atoms with E-state index in [1.165, 1.54) is 71.0 Å². The summed E-state index contributed by atoms with van der Waals surface area (Å²) in [6.45, 7) is 3.85. The predicted molar refractivity (Wildman–Crippen MR) is 160 cm³/mol. The number of carbonyl (C=O) groups is 3. The zero-order valence-electron chi connectivity index (χ0n) is 23.8. The van der Waals surface area contributed by atoms with Gasteiger partial charge in [0.15, 0.2) is 0 Å². The van der Waals surface area contributed by atoms with Crippen LogP contribution in [0.3, 0.4) is 0 Å². The highest BCUT2D eigenvalue weighted by Crippen LogP contribution is 2.40. The third kappa shape index (κ3) is 11.6. The normalized spacial score (nSPS) is 10.9. The van der Waals surface area contributed by atoms with Crippen molar-refractivity contribution in [3.05, 3.63) is 29.8 Å². The fourth-order valence-electron chi connectivity index (χ4n) is 4.39. The number of unbranched alkanes of at least 4 members (excludes halogenated alkanes) is 9. The highest BCUT2D eigenvalue weighted by Gasteiger charge is 2.20. The third-order valence-electron chi connectivity index (χ3n) is 6.51. The van der Waals surface area contributed by atoms with Gasteiger partial charge in [-0.15, -0.1) is 11.8 Å². The molecular formula is C30H44N2O7S. The minimum absolute atomic E-state index is 0.0295. The summed E-state index contributed by atoms with van der Waals surface area (Å²) >= 11 is 0.994. The molecule has 0 bridgehead atoms. The second-order valence-corrected chi connectivity index (χ2v) is 10.7. The van der Waals surface area contributed by atoms with Gasteiger partial charge < -0.3 is 25.0 Å². The SMILES string of the molecule is CCCCCCCCCCCCOCCCNC(=O)c1cc(SCC(=O)O)c2c(NC(=O)OC)cccc2c1O. The minimum Gasteiger partial charge on any atom is -0.506 e. The number of phenolic OH excluding ortho intramolecular Hbond substituents is 1. The highest BCUT2D eigenvalue weighted by atomic mass is 32.2. The maximum Gasteiger partial charge on any atom is 0.411 e. The molecule has 0 spiro atoms. The molecule has 2 aromatic carbocycles. The first-order valence-electron chi connectivity index (χ1n) is 14.2. The zero-order valence-corrected chi connectivity index (χ0v) is 24.6. The number of anilines is 1. The van der Waals surface area contributed by atoms with Crippen molar-refractivity contribution in [3.8, 4) is 5.75 Å². The molecule has 0 aliphatic carbocycles. The molecule has 0 unspecified atom stereocenters. The van der Waals surface area contributed by atoms with Crippen LogP contribution in [0.15, 0.2) is 29.2 Å². The molecule has 0 aliphatic heterocycles. The monoisotopic (exact) mass is 576 g/mol. The summed E-state index contributed by atoms with van der Waals surface area (Å²) in [5.41, 5.74) is 0.362. The van der Waals surface area contributed by atoms with Gasteiger partial charge in [0.25, 0.3) is 5.91 Å². The quantitative estimate of drug-likeness (QED) is 0.0982. The van der Waals surface area contributed by atoms with Crippen molar-refractivity contribution < 1.29 is 34.1 Å². The molecule has 0 heterocycles. The highest BCUT2D eigenvalue weighted by molar-refractivity contribution is 8.00. The number of carboxylic acids is 1. The van der Waals surface area contributed by atoms with Gasteiger partial charge in [-0.2, -0.15) is 0 Å². The van der Waals surface area contributed by atoms with Gasteiger partial charge in [-0.3, -0.25) is 14.9 Å². The Bertz CT molecular complexity index is 1090. The van der Waals surface area contributed by atoms with E-state index < -0.39 is 18.0 Å². The van der Waals surface area contributed by atoms with Crippen LogP contribution in [-0.4, -0.2) is 60.8 Å².